The van der Waals surface area contributed by atoms with Gasteiger partial charge in [-0.25, -0.2) is 17.8 Å². The van der Waals surface area contributed by atoms with Crippen LogP contribution in [0, 0.1) is 5.82 Å². The summed E-state index contributed by atoms with van der Waals surface area (Å²) in [5.41, 5.74) is 1.57. The Morgan fingerprint density at radius 1 is 0.958 bits per heavy atom. The lowest BCUT2D eigenvalue weighted by Gasteiger charge is -2.09. The van der Waals surface area contributed by atoms with Crippen LogP contribution in [0.1, 0.15) is 0 Å². The first-order valence-electron chi connectivity index (χ1n) is 6.95. The first-order chi connectivity index (χ1) is 11.5. The van der Waals surface area contributed by atoms with E-state index in [1.165, 1.54) is 18.3 Å². The van der Waals surface area contributed by atoms with Crippen LogP contribution in [0.4, 0.5) is 10.2 Å². The molecule has 0 aliphatic rings. The number of rotatable bonds is 4. The maximum absolute atomic E-state index is 12.9. The molecule has 24 heavy (non-hydrogen) atoms. The Kier molecular flexibility index (Phi) is 4.51. The Morgan fingerprint density at radius 3 is 2.29 bits per heavy atom. The summed E-state index contributed by atoms with van der Waals surface area (Å²) in [7, 11) is -3.82. The molecule has 0 bridgehead atoms. The van der Waals surface area contributed by atoms with Crippen LogP contribution >= 0.6 is 11.6 Å². The van der Waals surface area contributed by atoms with Crippen molar-refractivity contribution < 1.29 is 12.8 Å². The Labute approximate surface area is 144 Å². The van der Waals surface area contributed by atoms with Gasteiger partial charge in [0.15, 0.2) is 0 Å². The number of pyridine rings is 1. The van der Waals surface area contributed by atoms with Crippen LogP contribution in [0.5, 0.6) is 0 Å². The van der Waals surface area contributed by atoms with Gasteiger partial charge in [-0.15, -0.1) is 0 Å². The minimum atomic E-state index is -3.82. The first-order valence-corrected chi connectivity index (χ1v) is 8.81. The molecule has 4 nitrogen and oxygen atoms in total. The predicted octanol–water partition coefficient (Wildman–Crippen LogP) is 4.34. The average Bonchev–Trinajstić information content (AvgIpc) is 2.56. The third-order valence-corrected chi connectivity index (χ3v) is 5.01. The quantitative estimate of drug-likeness (QED) is 0.751. The summed E-state index contributed by atoms with van der Waals surface area (Å²) in [5.74, 6) is -0.341. The Hall–Kier alpha value is -2.44. The molecule has 0 saturated carbocycles. The van der Waals surface area contributed by atoms with Crippen molar-refractivity contribution in [3.8, 4) is 11.1 Å². The summed E-state index contributed by atoms with van der Waals surface area (Å²) in [6.07, 6.45) is 1.53. The fourth-order valence-electron chi connectivity index (χ4n) is 2.12. The van der Waals surface area contributed by atoms with Gasteiger partial charge in [-0.1, -0.05) is 29.8 Å². The summed E-state index contributed by atoms with van der Waals surface area (Å²) in [6, 6.07) is 15.1. The molecule has 0 atom stereocenters. The molecular weight excluding hydrogens is 351 g/mol. The third kappa shape index (κ3) is 3.55. The van der Waals surface area contributed by atoms with E-state index in [-0.39, 0.29) is 10.7 Å². The summed E-state index contributed by atoms with van der Waals surface area (Å²) in [6.45, 7) is 0. The molecule has 0 saturated heterocycles. The molecule has 1 heterocycles. The topological polar surface area (TPSA) is 59.1 Å². The molecule has 0 aliphatic heterocycles. The van der Waals surface area contributed by atoms with Crippen LogP contribution in [0.3, 0.4) is 0 Å². The molecule has 2 aromatic carbocycles. The number of nitrogens with one attached hydrogen (secondary N) is 1. The highest BCUT2D eigenvalue weighted by molar-refractivity contribution is 7.92. The number of anilines is 1. The van der Waals surface area contributed by atoms with Gasteiger partial charge in [-0.05, 0) is 42.5 Å². The van der Waals surface area contributed by atoms with Gasteiger partial charge in [0.05, 0.1) is 4.90 Å². The molecule has 0 unspecified atom stereocenters. The van der Waals surface area contributed by atoms with E-state index in [1.807, 2.05) is 18.2 Å². The van der Waals surface area contributed by atoms with E-state index >= 15 is 0 Å². The highest BCUT2D eigenvalue weighted by atomic mass is 35.5. The number of benzene rings is 2. The van der Waals surface area contributed by atoms with Crippen LogP contribution in [-0.2, 0) is 10.0 Å². The molecular formula is C17H12ClFN2O2S. The lowest BCUT2D eigenvalue weighted by Crippen LogP contribution is -2.13. The Bertz CT molecular complexity index is 959. The summed E-state index contributed by atoms with van der Waals surface area (Å²) < 4.78 is 39.7. The van der Waals surface area contributed by atoms with Crippen molar-refractivity contribution in [2.45, 2.75) is 4.90 Å². The number of nitrogens with zero attached hydrogens (tertiary/aromatic N) is 1. The minimum absolute atomic E-state index is 0.0409. The van der Waals surface area contributed by atoms with E-state index in [0.29, 0.717) is 5.02 Å². The van der Waals surface area contributed by atoms with Crippen LogP contribution in [0.25, 0.3) is 11.1 Å². The lowest BCUT2D eigenvalue weighted by molar-refractivity contribution is 0.599. The predicted molar refractivity (Wildman–Crippen MR) is 91.9 cm³/mol. The van der Waals surface area contributed by atoms with Gasteiger partial charge >= 0.3 is 0 Å². The number of hydrogen-bond acceptors (Lipinski definition) is 3. The summed E-state index contributed by atoms with van der Waals surface area (Å²) >= 11 is 6.13. The molecule has 3 rings (SSSR count). The first kappa shape index (κ1) is 16.4. The molecule has 0 fully saturated rings. The number of sulfonamides is 1. The SMILES string of the molecule is O=S(=O)(Nc1ccc(-c2ccccc2Cl)cn1)c1ccc(F)cc1. The fourth-order valence-corrected chi connectivity index (χ4v) is 3.37. The Balaban J connectivity index is 1.84. The van der Waals surface area contributed by atoms with Crippen molar-refractivity contribution >= 4 is 27.4 Å². The van der Waals surface area contributed by atoms with Gasteiger partial charge in [0, 0.05) is 22.3 Å². The largest absolute Gasteiger partial charge is 0.263 e. The molecule has 1 aromatic heterocycles. The molecule has 122 valence electrons. The van der Waals surface area contributed by atoms with E-state index in [9.17, 15) is 12.8 Å². The van der Waals surface area contributed by atoms with Gasteiger partial charge in [0.1, 0.15) is 11.6 Å². The standard InChI is InChI=1S/C17H12ClFN2O2S/c18-16-4-2-1-3-15(16)12-5-10-17(20-11-12)21-24(22,23)14-8-6-13(19)7-9-14/h1-11H,(H,20,21). The van der Waals surface area contributed by atoms with Crippen LogP contribution < -0.4 is 4.72 Å². The van der Waals surface area contributed by atoms with Crippen molar-refractivity contribution in [3.05, 3.63) is 77.7 Å². The number of halogens is 2. The summed E-state index contributed by atoms with van der Waals surface area (Å²) in [4.78, 5) is 4.06. The zero-order valence-electron chi connectivity index (χ0n) is 12.3. The second-order valence-electron chi connectivity index (χ2n) is 4.97. The van der Waals surface area contributed by atoms with Gasteiger partial charge in [-0.3, -0.25) is 4.72 Å². The van der Waals surface area contributed by atoms with E-state index in [4.69, 9.17) is 11.6 Å². The third-order valence-electron chi connectivity index (χ3n) is 3.31. The van der Waals surface area contributed by atoms with Crippen molar-refractivity contribution in [2.24, 2.45) is 0 Å². The smallest absolute Gasteiger partial charge is 0.263 e. The normalized spacial score (nSPS) is 11.2. The number of hydrogen-bond donors (Lipinski definition) is 1. The highest BCUT2D eigenvalue weighted by Crippen LogP contribution is 2.27. The summed E-state index contributed by atoms with van der Waals surface area (Å²) in [5, 5.41) is 0.582. The number of aromatic nitrogens is 1. The highest BCUT2D eigenvalue weighted by Gasteiger charge is 2.15. The fraction of sp³-hybridized carbons (Fsp3) is 0. The van der Waals surface area contributed by atoms with Crippen LogP contribution in [0.2, 0.25) is 5.02 Å². The van der Waals surface area contributed by atoms with Gasteiger partial charge in [0.25, 0.3) is 10.0 Å². The molecule has 3 aromatic rings. The van der Waals surface area contributed by atoms with Crippen molar-refractivity contribution in [1.82, 2.24) is 4.98 Å². The lowest BCUT2D eigenvalue weighted by atomic mass is 10.1. The van der Waals surface area contributed by atoms with Gasteiger partial charge < -0.3 is 0 Å². The van der Waals surface area contributed by atoms with E-state index in [1.54, 1.807) is 18.2 Å². The zero-order chi connectivity index (χ0) is 17.2. The van der Waals surface area contributed by atoms with Gasteiger partial charge in [-0.2, -0.15) is 0 Å². The second-order valence-corrected chi connectivity index (χ2v) is 7.06. The molecule has 1 N–H and O–H groups in total. The maximum Gasteiger partial charge on any atom is 0.263 e. The molecule has 0 radical (unpaired) electrons. The monoisotopic (exact) mass is 362 g/mol. The maximum atomic E-state index is 12.9. The van der Waals surface area contributed by atoms with Crippen molar-refractivity contribution in [1.29, 1.82) is 0 Å². The molecule has 0 aliphatic carbocycles. The Morgan fingerprint density at radius 2 is 1.67 bits per heavy atom. The van der Waals surface area contributed by atoms with Crippen molar-refractivity contribution in [3.63, 3.8) is 0 Å². The van der Waals surface area contributed by atoms with Gasteiger partial charge in [0.2, 0.25) is 0 Å². The van der Waals surface area contributed by atoms with E-state index in [0.717, 1.165) is 23.3 Å². The average molecular weight is 363 g/mol. The molecule has 0 amide bonds. The zero-order valence-corrected chi connectivity index (χ0v) is 13.9. The van der Waals surface area contributed by atoms with E-state index < -0.39 is 15.8 Å². The molecule has 0 spiro atoms. The van der Waals surface area contributed by atoms with E-state index in [2.05, 4.69) is 9.71 Å². The minimum Gasteiger partial charge on any atom is -0.263 e. The van der Waals surface area contributed by atoms with Crippen LogP contribution in [0.15, 0.2) is 71.8 Å². The second kappa shape index (κ2) is 6.59. The van der Waals surface area contributed by atoms with Crippen molar-refractivity contribution in [2.75, 3.05) is 4.72 Å². The van der Waals surface area contributed by atoms with Crippen LogP contribution in [-0.4, -0.2) is 13.4 Å². The molecule has 7 heteroatoms.